The van der Waals surface area contributed by atoms with E-state index in [0.717, 1.165) is 34.6 Å². The summed E-state index contributed by atoms with van der Waals surface area (Å²) < 4.78 is 0. The lowest BCUT2D eigenvalue weighted by Crippen LogP contribution is -2.22. The molecule has 0 radical (unpaired) electrons. The largest absolute Gasteiger partial charge is 0.392 e. The molecule has 0 saturated carbocycles. The Morgan fingerprint density at radius 3 is 2.83 bits per heavy atom. The van der Waals surface area contributed by atoms with E-state index in [2.05, 4.69) is 16.1 Å². The molecule has 96 valence electrons. The molecule has 4 heteroatoms. The Balaban J connectivity index is 2.41. The number of fused-ring (bicyclic) bond motifs is 1. The number of rotatable bonds is 5. The van der Waals surface area contributed by atoms with Crippen molar-refractivity contribution in [3.8, 4) is 0 Å². The van der Waals surface area contributed by atoms with Crippen LogP contribution in [0.2, 0.25) is 0 Å². The highest BCUT2D eigenvalue weighted by molar-refractivity contribution is 7.98. The van der Waals surface area contributed by atoms with E-state index >= 15 is 0 Å². The van der Waals surface area contributed by atoms with Crippen LogP contribution in [0, 0.1) is 0 Å². The topological polar surface area (TPSA) is 36.4 Å². The molecule has 0 bridgehead atoms. The van der Waals surface area contributed by atoms with Gasteiger partial charge in [0.25, 0.3) is 0 Å². The Morgan fingerprint density at radius 1 is 1.33 bits per heavy atom. The highest BCUT2D eigenvalue weighted by Crippen LogP contribution is 2.23. The Morgan fingerprint density at radius 2 is 2.11 bits per heavy atom. The lowest BCUT2D eigenvalue weighted by molar-refractivity contribution is 0.282. The maximum absolute atomic E-state index is 9.48. The number of nitrogens with zero attached hydrogens (tertiary/aromatic N) is 2. The molecular weight excluding hydrogens is 244 g/mol. The van der Waals surface area contributed by atoms with Crippen LogP contribution in [0.15, 0.2) is 30.3 Å². The third-order valence-electron chi connectivity index (χ3n) is 2.94. The van der Waals surface area contributed by atoms with Crippen molar-refractivity contribution in [3.05, 3.63) is 35.9 Å². The molecule has 0 fully saturated rings. The number of aromatic nitrogens is 1. The Kier molecular flexibility index (Phi) is 4.44. The highest BCUT2D eigenvalue weighted by atomic mass is 32.2. The molecule has 0 aliphatic heterocycles. The van der Waals surface area contributed by atoms with Gasteiger partial charge in [0.05, 0.1) is 12.1 Å². The summed E-state index contributed by atoms with van der Waals surface area (Å²) in [5.41, 5.74) is 1.86. The predicted octanol–water partition coefficient (Wildman–Crippen LogP) is 2.53. The van der Waals surface area contributed by atoms with Gasteiger partial charge in [-0.25, -0.2) is 4.98 Å². The van der Waals surface area contributed by atoms with Gasteiger partial charge in [0, 0.05) is 30.3 Å². The van der Waals surface area contributed by atoms with Crippen LogP contribution in [-0.4, -0.2) is 35.7 Å². The molecule has 0 aliphatic rings. The summed E-state index contributed by atoms with van der Waals surface area (Å²) in [5.74, 6) is 1.93. The molecule has 3 nitrogen and oxygen atoms in total. The van der Waals surface area contributed by atoms with E-state index in [4.69, 9.17) is 0 Å². The van der Waals surface area contributed by atoms with E-state index in [1.807, 2.05) is 49.1 Å². The molecule has 0 spiro atoms. The van der Waals surface area contributed by atoms with Crippen LogP contribution in [0.1, 0.15) is 5.56 Å². The molecule has 0 unspecified atom stereocenters. The van der Waals surface area contributed by atoms with Crippen LogP contribution >= 0.6 is 11.8 Å². The molecule has 1 aromatic heterocycles. The van der Waals surface area contributed by atoms with E-state index in [-0.39, 0.29) is 6.61 Å². The zero-order valence-electron chi connectivity index (χ0n) is 10.8. The van der Waals surface area contributed by atoms with Crippen molar-refractivity contribution in [1.82, 2.24) is 4.98 Å². The number of benzene rings is 1. The third-order valence-corrected chi connectivity index (χ3v) is 3.53. The van der Waals surface area contributed by atoms with Crippen LogP contribution in [0.25, 0.3) is 10.9 Å². The maximum atomic E-state index is 9.48. The predicted molar refractivity (Wildman–Crippen MR) is 79.3 cm³/mol. The second kappa shape index (κ2) is 6.07. The second-order valence-electron chi connectivity index (χ2n) is 4.24. The first-order chi connectivity index (χ1) is 8.76. The van der Waals surface area contributed by atoms with Crippen molar-refractivity contribution in [2.45, 2.75) is 6.61 Å². The standard InChI is InChI=1S/C14H18N2OS/c1-16(7-8-18-2)14-12(10-17)9-11-5-3-4-6-13(11)15-14/h3-6,9,17H,7-8,10H2,1-2H3. The summed E-state index contributed by atoms with van der Waals surface area (Å²) >= 11 is 1.81. The average Bonchev–Trinajstić information content (AvgIpc) is 2.43. The minimum Gasteiger partial charge on any atom is -0.392 e. The smallest absolute Gasteiger partial charge is 0.134 e. The van der Waals surface area contributed by atoms with Gasteiger partial charge >= 0.3 is 0 Å². The van der Waals surface area contributed by atoms with Gasteiger partial charge in [-0.3, -0.25) is 0 Å². The molecule has 0 amide bonds. The minimum atomic E-state index is 0.0246. The van der Waals surface area contributed by atoms with E-state index in [0.29, 0.717) is 0 Å². The fourth-order valence-electron chi connectivity index (χ4n) is 1.93. The summed E-state index contributed by atoms with van der Waals surface area (Å²) in [7, 11) is 2.02. The van der Waals surface area contributed by atoms with Crippen molar-refractivity contribution in [2.24, 2.45) is 0 Å². The monoisotopic (exact) mass is 262 g/mol. The third kappa shape index (κ3) is 2.76. The van der Waals surface area contributed by atoms with Gasteiger partial charge in [-0.05, 0) is 18.4 Å². The van der Waals surface area contributed by atoms with Crippen molar-refractivity contribution < 1.29 is 5.11 Å². The maximum Gasteiger partial charge on any atom is 0.134 e. The minimum absolute atomic E-state index is 0.0246. The number of hydrogen-bond acceptors (Lipinski definition) is 4. The average molecular weight is 262 g/mol. The quantitative estimate of drug-likeness (QED) is 0.898. The van der Waals surface area contributed by atoms with E-state index in [1.54, 1.807) is 0 Å². The van der Waals surface area contributed by atoms with Crippen LogP contribution in [-0.2, 0) is 6.61 Å². The molecule has 1 aromatic carbocycles. The number of thioether (sulfide) groups is 1. The highest BCUT2D eigenvalue weighted by Gasteiger charge is 2.10. The molecule has 0 atom stereocenters. The number of pyridine rings is 1. The van der Waals surface area contributed by atoms with Gasteiger partial charge in [-0.1, -0.05) is 18.2 Å². The summed E-state index contributed by atoms with van der Waals surface area (Å²) in [6, 6.07) is 10.0. The van der Waals surface area contributed by atoms with Gasteiger partial charge in [0.15, 0.2) is 0 Å². The van der Waals surface area contributed by atoms with Gasteiger partial charge in [-0.15, -0.1) is 0 Å². The van der Waals surface area contributed by atoms with E-state index in [9.17, 15) is 5.11 Å². The SMILES string of the molecule is CSCCN(C)c1nc2ccccc2cc1CO. The fourth-order valence-corrected chi connectivity index (χ4v) is 2.39. The molecule has 18 heavy (non-hydrogen) atoms. The Labute approximate surface area is 112 Å². The molecular formula is C14H18N2OS. The first kappa shape index (κ1) is 13.2. The number of para-hydroxylation sites is 1. The zero-order valence-corrected chi connectivity index (χ0v) is 11.6. The van der Waals surface area contributed by atoms with E-state index < -0.39 is 0 Å². The normalized spacial score (nSPS) is 10.8. The summed E-state index contributed by atoms with van der Waals surface area (Å²) in [6.45, 7) is 0.955. The van der Waals surface area contributed by atoms with Crippen molar-refractivity contribution >= 4 is 28.5 Å². The fraction of sp³-hybridized carbons (Fsp3) is 0.357. The summed E-state index contributed by atoms with van der Waals surface area (Å²) in [6.07, 6.45) is 2.09. The van der Waals surface area contributed by atoms with Crippen LogP contribution in [0.5, 0.6) is 0 Å². The zero-order chi connectivity index (χ0) is 13.0. The van der Waals surface area contributed by atoms with Crippen LogP contribution in [0.3, 0.4) is 0 Å². The van der Waals surface area contributed by atoms with Gasteiger partial charge < -0.3 is 10.0 Å². The summed E-state index contributed by atoms with van der Waals surface area (Å²) in [4.78, 5) is 6.76. The molecule has 1 N–H and O–H groups in total. The van der Waals surface area contributed by atoms with Crippen LogP contribution in [0.4, 0.5) is 5.82 Å². The molecule has 2 aromatic rings. The number of aliphatic hydroxyl groups is 1. The van der Waals surface area contributed by atoms with Crippen molar-refractivity contribution in [1.29, 1.82) is 0 Å². The first-order valence-electron chi connectivity index (χ1n) is 5.96. The second-order valence-corrected chi connectivity index (χ2v) is 5.22. The lowest BCUT2D eigenvalue weighted by Gasteiger charge is -2.20. The number of anilines is 1. The molecule has 0 saturated heterocycles. The molecule has 0 aliphatic carbocycles. The summed E-state index contributed by atoms with van der Waals surface area (Å²) in [5, 5.41) is 10.6. The van der Waals surface area contributed by atoms with Gasteiger partial charge in [0.1, 0.15) is 5.82 Å². The molecule has 1 heterocycles. The Hall–Kier alpha value is -1.26. The van der Waals surface area contributed by atoms with E-state index in [1.165, 1.54) is 0 Å². The molecule has 2 rings (SSSR count). The van der Waals surface area contributed by atoms with Gasteiger partial charge in [0.2, 0.25) is 0 Å². The lowest BCUT2D eigenvalue weighted by atomic mass is 10.1. The Bertz CT molecular complexity index is 530. The van der Waals surface area contributed by atoms with Crippen molar-refractivity contribution in [3.63, 3.8) is 0 Å². The van der Waals surface area contributed by atoms with Crippen molar-refractivity contribution in [2.75, 3.05) is 30.5 Å². The number of hydrogen-bond donors (Lipinski definition) is 1. The number of aliphatic hydroxyl groups excluding tert-OH is 1. The van der Waals surface area contributed by atoms with Gasteiger partial charge in [-0.2, -0.15) is 11.8 Å². The first-order valence-corrected chi connectivity index (χ1v) is 7.35. The van der Waals surface area contributed by atoms with Crippen LogP contribution < -0.4 is 4.90 Å².